The number of carbonyl (C=O) groups excluding carboxylic acids is 2. The molecule has 0 unspecified atom stereocenters. The summed E-state index contributed by atoms with van der Waals surface area (Å²) in [5.74, 6) is -2.18. The van der Waals surface area contributed by atoms with Crippen molar-refractivity contribution in [2.75, 3.05) is 13.4 Å². The molecule has 4 atom stereocenters. The third-order valence-electron chi connectivity index (χ3n) is 4.99. The van der Waals surface area contributed by atoms with Crippen LogP contribution < -0.4 is 9.47 Å². The van der Waals surface area contributed by atoms with Gasteiger partial charge in [0.25, 0.3) is 0 Å². The highest BCUT2D eigenvalue weighted by molar-refractivity contribution is 5.86. The zero-order chi connectivity index (χ0) is 19.7. The lowest BCUT2D eigenvalue weighted by Crippen LogP contribution is -2.31. The van der Waals surface area contributed by atoms with Crippen molar-refractivity contribution in [3.05, 3.63) is 59.7 Å². The molecule has 2 aliphatic rings. The Labute approximate surface area is 161 Å². The third-order valence-corrected chi connectivity index (χ3v) is 4.99. The van der Waals surface area contributed by atoms with Gasteiger partial charge in [-0.05, 0) is 30.2 Å². The number of aliphatic hydroxyl groups excluding tert-OH is 1. The molecule has 1 saturated heterocycles. The smallest absolute Gasteiger partial charge is 0.314 e. The molecule has 2 aromatic rings. The Morgan fingerprint density at radius 3 is 2.68 bits per heavy atom. The first-order chi connectivity index (χ1) is 13.6. The van der Waals surface area contributed by atoms with Crippen LogP contribution in [0, 0.1) is 11.8 Å². The van der Waals surface area contributed by atoms with Gasteiger partial charge in [-0.1, -0.05) is 36.4 Å². The fraction of sp³-hybridized carbons (Fsp3) is 0.333. The molecule has 1 fully saturated rings. The van der Waals surface area contributed by atoms with Crippen molar-refractivity contribution in [3.63, 3.8) is 0 Å². The molecular formula is C21H20O7. The normalized spacial score (nSPS) is 23.9. The number of fused-ring (bicyclic) bond motifs is 1. The number of benzene rings is 2. The third kappa shape index (κ3) is 3.18. The fourth-order valence-corrected chi connectivity index (χ4v) is 3.67. The molecule has 0 saturated carbocycles. The van der Waals surface area contributed by atoms with E-state index in [1.807, 2.05) is 0 Å². The van der Waals surface area contributed by atoms with E-state index in [-0.39, 0.29) is 13.4 Å². The number of cyclic esters (lactones) is 1. The van der Waals surface area contributed by atoms with Crippen molar-refractivity contribution >= 4 is 11.9 Å². The summed E-state index contributed by atoms with van der Waals surface area (Å²) < 4.78 is 21.4. The highest BCUT2D eigenvalue weighted by atomic mass is 16.7. The second-order valence-electron chi connectivity index (χ2n) is 6.63. The van der Waals surface area contributed by atoms with E-state index in [2.05, 4.69) is 0 Å². The highest BCUT2D eigenvalue weighted by Crippen LogP contribution is 2.47. The van der Waals surface area contributed by atoms with Gasteiger partial charge in [0.2, 0.25) is 6.79 Å². The standard InChI is InChI=1S/C21H20O7/c1-2-25-20(23)17-16(18(22)12-6-4-3-5-7-12)21(24)28-19(17)13-8-9-14-15(10-13)27-11-26-14/h3-10,16-19,22H,2,11H2,1H3/t16-,17+,18+,19+/m1/s1. The number of aliphatic hydroxyl groups is 1. The average Bonchev–Trinajstić information content (AvgIpc) is 3.31. The van der Waals surface area contributed by atoms with Crippen LogP contribution in [0.3, 0.4) is 0 Å². The minimum absolute atomic E-state index is 0.111. The molecule has 0 aromatic heterocycles. The van der Waals surface area contributed by atoms with E-state index in [0.717, 1.165) is 0 Å². The molecule has 2 aliphatic heterocycles. The van der Waals surface area contributed by atoms with Crippen LogP contribution in [0.15, 0.2) is 48.5 Å². The fourth-order valence-electron chi connectivity index (χ4n) is 3.67. The number of esters is 2. The topological polar surface area (TPSA) is 91.3 Å². The minimum Gasteiger partial charge on any atom is -0.466 e. The number of rotatable bonds is 5. The first-order valence-corrected chi connectivity index (χ1v) is 9.10. The van der Waals surface area contributed by atoms with Gasteiger partial charge in [0.05, 0.1) is 12.7 Å². The van der Waals surface area contributed by atoms with Crippen LogP contribution in [-0.4, -0.2) is 30.4 Å². The molecule has 0 aliphatic carbocycles. The molecule has 0 spiro atoms. The molecule has 146 valence electrons. The van der Waals surface area contributed by atoms with Crippen LogP contribution in [0.1, 0.15) is 30.3 Å². The van der Waals surface area contributed by atoms with E-state index >= 15 is 0 Å². The molecular weight excluding hydrogens is 364 g/mol. The zero-order valence-corrected chi connectivity index (χ0v) is 15.2. The van der Waals surface area contributed by atoms with E-state index in [4.69, 9.17) is 18.9 Å². The number of carbonyl (C=O) groups is 2. The summed E-state index contributed by atoms with van der Waals surface area (Å²) in [6.07, 6.45) is -2.08. The summed E-state index contributed by atoms with van der Waals surface area (Å²) in [7, 11) is 0. The average molecular weight is 384 g/mol. The molecule has 2 heterocycles. The van der Waals surface area contributed by atoms with Crippen molar-refractivity contribution in [2.24, 2.45) is 11.8 Å². The molecule has 7 heteroatoms. The Morgan fingerprint density at radius 1 is 1.18 bits per heavy atom. The van der Waals surface area contributed by atoms with Gasteiger partial charge in [0.1, 0.15) is 17.9 Å². The van der Waals surface area contributed by atoms with Crippen molar-refractivity contribution in [1.82, 2.24) is 0 Å². The largest absolute Gasteiger partial charge is 0.466 e. The lowest BCUT2D eigenvalue weighted by Gasteiger charge is -2.23. The Bertz CT molecular complexity index is 880. The van der Waals surface area contributed by atoms with E-state index in [1.54, 1.807) is 55.5 Å². The van der Waals surface area contributed by atoms with Gasteiger partial charge in [-0.25, -0.2) is 0 Å². The second kappa shape index (κ2) is 7.52. The van der Waals surface area contributed by atoms with Gasteiger partial charge in [-0.2, -0.15) is 0 Å². The molecule has 0 bridgehead atoms. The Kier molecular flexibility index (Phi) is 4.92. The maximum absolute atomic E-state index is 12.7. The molecule has 0 radical (unpaired) electrons. The Hall–Kier alpha value is -3.06. The first kappa shape index (κ1) is 18.3. The van der Waals surface area contributed by atoms with E-state index in [1.165, 1.54) is 0 Å². The van der Waals surface area contributed by atoms with Crippen molar-refractivity contribution in [2.45, 2.75) is 19.1 Å². The maximum Gasteiger partial charge on any atom is 0.314 e. The van der Waals surface area contributed by atoms with Crippen molar-refractivity contribution in [1.29, 1.82) is 0 Å². The summed E-state index contributed by atoms with van der Waals surface area (Å²) in [5.41, 5.74) is 1.11. The molecule has 7 nitrogen and oxygen atoms in total. The zero-order valence-electron chi connectivity index (χ0n) is 15.2. The van der Waals surface area contributed by atoms with Gasteiger partial charge >= 0.3 is 11.9 Å². The lowest BCUT2D eigenvalue weighted by atomic mass is 9.81. The summed E-state index contributed by atoms with van der Waals surface area (Å²) >= 11 is 0. The summed E-state index contributed by atoms with van der Waals surface area (Å²) in [5, 5.41) is 10.8. The van der Waals surface area contributed by atoms with Gasteiger partial charge in [0.15, 0.2) is 11.5 Å². The number of hydrogen-bond acceptors (Lipinski definition) is 7. The van der Waals surface area contributed by atoms with Gasteiger partial charge in [0, 0.05) is 0 Å². The molecule has 2 aromatic carbocycles. The lowest BCUT2D eigenvalue weighted by molar-refractivity contribution is -0.153. The van der Waals surface area contributed by atoms with Crippen LogP contribution in [0.4, 0.5) is 0 Å². The SMILES string of the molecule is CCOC(=O)[C@H]1[C@H]([C@@H](O)c2ccccc2)C(=O)O[C@H]1c1ccc2c(c1)OCO2. The quantitative estimate of drug-likeness (QED) is 0.792. The Balaban J connectivity index is 1.70. The van der Waals surface area contributed by atoms with Crippen LogP contribution in [0.5, 0.6) is 11.5 Å². The molecule has 4 rings (SSSR count). The van der Waals surface area contributed by atoms with Gasteiger partial charge in [-0.3, -0.25) is 9.59 Å². The van der Waals surface area contributed by atoms with Crippen LogP contribution in [0.25, 0.3) is 0 Å². The predicted octanol–water partition coefficient (Wildman–Crippen LogP) is 2.54. The number of ether oxygens (including phenoxy) is 4. The molecule has 1 N–H and O–H groups in total. The minimum atomic E-state index is -1.19. The van der Waals surface area contributed by atoms with Crippen molar-refractivity contribution < 1.29 is 33.6 Å². The second-order valence-corrected chi connectivity index (χ2v) is 6.63. The molecule has 28 heavy (non-hydrogen) atoms. The highest BCUT2D eigenvalue weighted by Gasteiger charge is 2.53. The first-order valence-electron chi connectivity index (χ1n) is 9.10. The summed E-state index contributed by atoms with van der Waals surface area (Å²) in [6, 6.07) is 13.8. The monoisotopic (exact) mass is 384 g/mol. The van der Waals surface area contributed by atoms with E-state index < -0.39 is 36.0 Å². The summed E-state index contributed by atoms with van der Waals surface area (Å²) in [4.78, 5) is 25.4. The summed E-state index contributed by atoms with van der Waals surface area (Å²) in [6.45, 7) is 1.96. The molecule has 0 amide bonds. The maximum atomic E-state index is 12.7. The van der Waals surface area contributed by atoms with Gasteiger partial charge in [-0.15, -0.1) is 0 Å². The van der Waals surface area contributed by atoms with Crippen LogP contribution >= 0.6 is 0 Å². The van der Waals surface area contributed by atoms with Gasteiger partial charge < -0.3 is 24.1 Å². The predicted molar refractivity (Wildman–Crippen MR) is 96.4 cm³/mol. The van der Waals surface area contributed by atoms with E-state index in [0.29, 0.717) is 22.6 Å². The van der Waals surface area contributed by atoms with Crippen LogP contribution in [0.2, 0.25) is 0 Å². The van der Waals surface area contributed by atoms with Crippen LogP contribution in [-0.2, 0) is 19.1 Å². The Morgan fingerprint density at radius 2 is 1.93 bits per heavy atom. The van der Waals surface area contributed by atoms with Crippen molar-refractivity contribution in [3.8, 4) is 11.5 Å². The number of hydrogen-bond donors (Lipinski definition) is 1. The van der Waals surface area contributed by atoms with E-state index in [9.17, 15) is 14.7 Å².